The van der Waals surface area contributed by atoms with Crippen molar-refractivity contribution in [2.45, 2.75) is 36.0 Å². The summed E-state index contributed by atoms with van der Waals surface area (Å²) in [4.78, 5) is 12.0. The molecule has 0 saturated carbocycles. The highest BCUT2D eigenvalue weighted by Crippen LogP contribution is 2.33. The standard InChI is InChI=1S/C25H27NO4S/c1-29-23-14-10-18(7-11-20(26)16-25(27)28)15-24(23)30-21-12-8-19(9-13-21)17-31-22-5-3-2-4-6-22/h2-6,8-10,12-15,20H,7,11,16-17,26H2,1H3,(H,27,28). The van der Waals surface area contributed by atoms with Gasteiger partial charge in [0.2, 0.25) is 0 Å². The summed E-state index contributed by atoms with van der Waals surface area (Å²) in [5.41, 5.74) is 8.12. The lowest BCUT2D eigenvalue weighted by molar-refractivity contribution is -0.137. The van der Waals surface area contributed by atoms with Gasteiger partial charge in [0, 0.05) is 16.7 Å². The number of carboxylic acids is 1. The number of thioether (sulfide) groups is 1. The molecule has 1 unspecified atom stereocenters. The van der Waals surface area contributed by atoms with Crippen LogP contribution in [0.1, 0.15) is 24.0 Å². The SMILES string of the molecule is COc1ccc(CCC(N)CC(=O)O)cc1Oc1ccc(CSc2ccccc2)cc1. The van der Waals surface area contributed by atoms with Crippen LogP contribution in [0.5, 0.6) is 17.2 Å². The Hall–Kier alpha value is -2.96. The topological polar surface area (TPSA) is 81.8 Å². The fourth-order valence-corrected chi connectivity index (χ4v) is 3.97. The van der Waals surface area contributed by atoms with Crippen molar-refractivity contribution in [2.24, 2.45) is 5.73 Å². The lowest BCUT2D eigenvalue weighted by Gasteiger charge is -2.14. The Morgan fingerprint density at radius 1 is 1.00 bits per heavy atom. The maximum Gasteiger partial charge on any atom is 0.304 e. The highest BCUT2D eigenvalue weighted by Gasteiger charge is 2.11. The monoisotopic (exact) mass is 437 g/mol. The number of hydrogen-bond acceptors (Lipinski definition) is 5. The quantitative estimate of drug-likeness (QED) is 0.385. The summed E-state index contributed by atoms with van der Waals surface area (Å²) >= 11 is 1.79. The summed E-state index contributed by atoms with van der Waals surface area (Å²) in [5, 5.41) is 8.85. The summed E-state index contributed by atoms with van der Waals surface area (Å²) in [5.74, 6) is 2.00. The smallest absolute Gasteiger partial charge is 0.304 e. The molecule has 5 nitrogen and oxygen atoms in total. The molecular formula is C25H27NO4S. The molecule has 3 rings (SSSR count). The van der Waals surface area contributed by atoms with E-state index >= 15 is 0 Å². The number of aryl methyl sites for hydroxylation is 1. The van der Waals surface area contributed by atoms with Crippen LogP contribution >= 0.6 is 11.8 Å². The van der Waals surface area contributed by atoms with Gasteiger partial charge in [-0.1, -0.05) is 36.4 Å². The van der Waals surface area contributed by atoms with Crippen molar-refractivity contribution in [3.63, 3.8) is 0 Å². The van der Waals surface area contributed by atoms with E-state index in [2.05, 4.69) is 24.3 Å². The Bertz CT molecular complexity index is 977. The lowest BCUT2D eigenvalue weighted by atomic mass is 10.0. The van der Waals surface area contributed by atoms with Crippen molar-refractivity contribution in [1.82, 2.24) is 0 Å². The van der Waals surface area contributed by atoms with Crippen LogP contribution in [0.3, 0.4) is 0 Å². The zero-order valence-corrected chi connectivity index (χ0v) is 18.3. The van der Waals surface area contributed by atoms with Gasteiger partial charge in [-0.15, -0.1) is 11.8 Å². The van der Waals surface area contributed by atoms with E-state index in [4.69, 9.17) is 20.3 Å². The number of methoxy groups -OCH3 is 1. The van der Waals surface area contributed by atoms with Gasteiger partial charge in [-0.05, 0) is 60.4 Å². The van der Waals surface area contributed by atoms with Gasteiger partial charge in [-0.25, -0.2) is 0 Å². The molecule has 3 N–H and O–H groups in total. The Kier molecular flexibility index (Phi) is 8.38. The number of hydrogen-bond donors (Lipinski definition) is 2. The van der Waals surface area contributed by atoms with Crippen molar-refractivity contribution in [2.75, 3.05) is 7.11 Å². The predicted molar refractivity (Wildman–Crippen MR) is 124 cm³/mol. The Labute approximate surface area is 187 Å². The predicted octanol–water partition coefficient (Wildman–Crippen LogP) is 5.51. The average molecular weight is 438 g/mol. The minimum absolute atomic E-state index is 0.0333. The molecule has 0 radical (unpaired) electrons. The van der Waals surface area contributed by atoms with E-state index in [1.165, 1.54) is 10.5 Å². The highest BCUT2D eigenvalue weighted by atomic mass is 32.2. The van der Waals surface area contributed by atoms with Crippen molar-refractivity contribution >= 4 is 17.7 Å². The summed E-state index contributed by atoms with van der Waals surface area (Å²) in [6.45, 7) is 0. The minimum Gasteiger partial charge on any atom is -0.493 e. The second-order valence-electron chi connectivity index (χ2n) is 7.23. The van der Waals surface area contributed by atoms with Crippen molar-refractivity contribution in [3.05, 3.63) is 83.9 Å². The maximum absolute atomic E-state index is 10.8. The molecule has 3 aromatic rings. The van der Waals surface area contributed by atoms with E-state index in [1.54, 1.807) is 18.9 Å². The van der Waals surface area contributed by atoms with Gasteiger partial charge >= 0.3 is 5.97 Å². The van der Waals surface area contributed by atoms with E-state index < -0.39 is 5.97 Å². The van der Waals surface area contributed by atoms with E-state index in [-0.39, 0.29) is 12.5 Å². The van der Waals surface area contributed by atoms with Gasteiger partial charge in [0.05, 0.1) is 13.5 Å². The van der Waals surface area contributed by atoms with Crippen LogP contribution in [0.25, 0.3) is 0 Å². The number of rotatable bonds is 11. The highest BCUT2D eigenvalue weighted by molar-refractivity contribution is 7.98. The Balaban J connectivity index is 1.61. The summed E-state index contributed by atoms with van der Waals surface area (Å²) in [6.07, 6.45) is 1.23. The van der Waals surface area contributed by atoms with Crippen LogP contribution in [0.4, 0.5) is 0 Å². The second-order valence-corrected chi connectivity index (χ2v) is 8.28. The number of nitrogens with two attached hydrogens (primary N) is 1. The van der Waals surface area contributed by atoms with Crippen LogP contribution in [0.2, 0.25) is 0 Å². The first-order valence-electron chi connectivity index (χ1n) is 10.1. The number of ether oxygens (including phenoxy) is 2. The molecule has 0 amide bonds. The van der Waals surface area contributed by atoms with Crippen LogP contribution < -0.4 is 15.2 Å². The maximum atomic E-state index is 10.8. The van der Waals surface area contributed by atoms with Crippen LogP contribution in [-0.2, 0) is 17.0 Å². The van der Waals surface area contributed by atoms with Crippen molar-refractivity contribution in [1.29, 1.82) is 0 Å². The molecule has 0 aliphatic carbocycles. The third-order valence-electron chi connectivity index (χ3n) is 4.77. The first-order valence-corrected chi connectivity index (χ1v) is 11.1. The minimum atomic E-state index is -0.878. The number of aliphatic carboxylic acids is 1. The molecule has 0 spiro atoms. The van der Waals surface area contributed by atoms with Gasteiger partial charge in [-0.2, -0.15) is 0 Å². The van der Waals surface area contributed by atoms with E-state index in [0.717, 1.165) is 17.1 Å². The molecular weight excluding hydrogens is 410 g/mol. The fourth-order valence-electron chi connectivity index (χ4n) is 3.10. The lowest BCUT2D eigenvalue weighted by Crippen LogP contribution is -2.24. The zero-order valence-electron chi connectivity index (χ0n) is 17.5. The van der Waals surface area contributed by atoms with Gasteiger partial charge < -0.3 is 20.3 Å². The molecule has 0 saturated heterocycles. The first kappa shape index (κ1) is 22.7. The van der Waals surface area contributed by atoms with Gasteiger partial charge in [0.15, 0.2) is 11.5 Å². The molecule has 6 heteroatoms. The van der Waals surface area contributed by atoms with Crippen molar-refractivity contribution in [3.8, 4) is 17.2 Å². The molecule has 162 valence electrons. The first-order chi connectivity index (χ1) is 15.0. The normalized spacial score (nSPS) is 11.7. The second kappa shape index (κ2) is 11.4. The molecule has 0 aliphatic heterocycles. The largest absolute Gasteiger partial charge is 0.493 e. The summed E-state index contributed by atoms with van der Waals surface area (Å²) < 4.78 is 11.5. The summed E-state index contributed by atoms with van der Waals surface area (Å²) in [6, 6.07) is 23.7. The van der Waals surface area contributed by atoms with E-state index in [0.29, 0.717) is 24.3 Å². The Morgan fingerprint density at radius 3 is 2.39 bits per heavy atom. The fraction of sp³-hybridized carbons (Fsp3) is 0.240. The van der Waals surface area contributed by atoms with E-state index in [1.807, 2.05) is 48.5 Å². The average Bonchev–Trinajstić information content (AvgIpc) is 2.78. The Morgan fingerprint density at radius 2 is 1.71 bits per heavy atom. The number of carbonyl (C=O) groups is 1. The molecule has 31 heavy (non-hydrogen) atoms. The molecule has 3 aromatic carbocycles. The third kappa shape index (κ3) is 7.35. The number of benzene rings is 3. The molecule has 0 bridgehead atoms. The molecule has 0 heterocycles. The zero-order chi connectivity index (χ0) is 22.1. The molecule has 0 aromatic heterocycles. The summed E-state index contributed by atoms with van der Waals surface area (Å²) in [7, 11) is 1.61. The molecule has 0 fully saturated rings. The van der Waals surface area contributed by atoms with Gasteiger partial charge in [-0.3, -0.25) is 4.79 Å². The molecule has 0 aliphatic rings. The molecule has 1 atom stereocenters. The van der Waals surface area contributed by atoms with Crippen LogP contribution in [0, 0.1) is 0 Å². The van der Waals surface area contributed by atoms with Gasteiger partial charge in [0.1, 0.15) is 5.75 Å². The van der Waals surface area contributed by atoms with Crippen molar-refractivity contribution < 1.29 is 19.4 Å². The van der Waals surface area contributed by atoms with E-state index in [9.17, 15) is 4.79 Å². The third-order valence-corrected chi connectivity index (χ3v) is 5.85. The van der Waals surface area contributed by atoms with Gasteiger partial charge in [0.25, 0.3) is 0 Å². The van der Waals surface area contributed by atoms with Crippen LogP contribution in [0.15, 0.2) is 77.7 Å². The van der Waals surface area contributed by atoms with Crippen LogP contribution in [-0.4, -0.2) is 24.2 Å². The number of carboxylic acid groups (broad SMARTS) is 1.